The van der Waals surface area contributed by atoms with E-state index in [-0.39, 0.29) is 28.1 Å². The summed E-state index contributed by atoms with van der Waals surface area (Å²) in [6, 6.07) is 30.8. The van der Waals surface area contributed by atoms with Crippen molar-refractivity contribution in [3.63, 3.8) is 0 Å². The van der Waals surface area contributed by atoms with E-state index >= 15 is 0 Å². The summed E-state index contributed by atoms with van der Waals surface area (Å²) < 4.78 is 28.2. The zero-order chi connectivity index (χ0) is 27.1. The van der Waals surface area contributed by atoms with Crippen molar-refractivity contribution >= 4 is 33.2 Å². The number of nitrogens with one attached hydrogen (secondary N) is 2. The highest BCUT2D eigenvalue weighted by Gasteiger charge is 2.27. The van der Waals surface area contributed by atoms with Gasteiger partial charge in [0.25, 0.3) is 15.9 Å². The molecule has 2 amide bonds. The van der Waals surface area contributed by atoms with Gasteiger partial charge in [-0.2, -0.15) is 0 Å². The fraction of sp³-hybridized carbons (Fsp3) is 0.133. The van der Waals surface area contributed by atoms with Crippen LogP contribution in [0.15, 0.2) is 114 Å². The quantitative estimate of drug-likeness (QED) is 0.308. The molecule has 0 aromatic heterocycles. The molecular weight excluding hydrogens is 498 g/mol. The fourth-order valence-corrected chi connectivity index (χ4v) is 5.38. The zero-order valence-corrected chi connectivity index (χ0v) is 22.0. The van der Waals surface area contributed by atoms with Crippen LogP contribution in [0.2, 0.25) is 0 Å². The monoisotopic (exact) mass is 527 g/mol. The average molecular weight is 528 g/mol. The van der Waals surface area contributed by atoms with Gasteiger partial charge >= 0.3 is 0 Å². The van der Waals surface area contributed by atoms with Crippen molar-refractivity contribution in [2.45, 2.75) is 24.8 Å². The van der Waals surface area contributed by atoms with Crippen LogP contribution in [0.5, 0.6) is 0 Å². The molecule has 0 spiro atoms. The molecule has 0 aliphatic heterocycles. The molecule has 0 aliphatic rings. The Morgan fingerprint density at radius 1 is 0.789 bits per heavy atom. The Morgan fingerprint density at radius 3 is 2.03 bits per heavy atom. The molecule has 0 unspecified atom stereocenters. The SMILES string of the molecule is Cc1ccc(S(=O)(=O)N(CC(=O)Nc2ccccc2C(=O)N[C@H](C)c2ccccc2)c2ccccc2)cc1. The molecule has 0 saturated heterocycles. The highest BCUT2D eigenvalue weighted by Crippen LogP contribution is 2.24. The molecule has 0 aliphatic carbocycles. The van der Waals surface area contributed by atoms with Gasteiger partial charge in [-0.05, 0) is 55.8 Å². The second-order valence-corrected chi connectivity index (χ2v) is 10.7. The summed E-state index contributed by atoms with van der Waals surface area (Å²) >= 11 is 0. The molecule has 0 bridgehead atoms. The van der Waals surface area contributed by atoms with Gasteiger partial charge in [0, 0.05) is 0 Å². The Morgan fingerprint density at radius 2 is 1.37 bits per heavy atom. The van der Waals surface area contributed by atoms with Crippen LogP contribution in [0.4, 0.5) is 11.4 Å². The summed E-state index contributed by atoms with van der Waals surface area (Å²) in [5, 5.41) is 5.68. The molecule has 0 fully saturated rings. The zero-order valence-electron chi connectivity index (χ0n) is 21.2. The standard InChI is InChI=1S/C30H29N3O4S/c1-22-17-19-26(20-18-22)38(36,37)33(25-13-7-4-8-14-25)21-29(34)32-28-16-10-9-15-27(28)30(35)31-23(2)24-11-5-3-6-12-24/h3-20,23H,21H2,1-2H3,(H,31,35)(H,32,34)/t23-/m1/s1. The fourth-order valence-electron chi connectivity index (χ4n) is 3.96. The molecular formula is C30H29N3O4S. The lowest BCUT2D eigenvalue weighted by molar-refractivity contribution is -0.114. The highest BCUT2D eigenvalue weighted by atomic mass is 32.2. The predicted molar refractivity (Wildman–Crippen MR) is 150 cm³/mol. The molecule has 2 N–H and O–H groups in total. The summed E-state index contributed by atoms with van der Waals surface area (Å²) in [6.45, 7) is 3.27. The van der Waals surface area contributed by atoms with Crippen molar-refractivity contribution in [2.75, 3.05) is 16.2 Å². The summed E-state index contributed by atoms with van der Waals surface area (Å²) in [7, 11) is -4.04. The Kier molecular flexibility index (Phi) is 8.23. The Labute approximate surface area is 223 Å². The first-order chi connectivity index (χ1) is 18.3. The molecule has 0 saturated carbocycles. The molecule has 4 aromatic carbocycles. The predicted octanol–water partition coefficient (Wildman–Crippen LogP) is 5.32. The van der Waals surface area contributed by atoms with Crippen molar-refractivity contribution < 1.29 is 18.0 Å². The minimum absolute atomic E-state index is 0.0782. The number of rotatable bonds is 9. The number of aryl methyl sites for hydroxylation is 1. The molecule has 0 heterocycles. The number of anilines is 2. The number of sulfonamides is 1. The Balaban J connectivity index is 1.56. The van der Waals surface area contributed by atoms with Gasteiger partial charge in [-0.25, -0.2) is 8.42 Å². The van der Waals surface area contributed by atoms with E-state index in [1.165, 1.54) is 12.1 Å². The number of carbonyl (C=O) groups excluding carboxylic acids is 2. The summed E-state index contributed by atoms with van der Waals surface area (Å²) in [5.74, 6) is -0.939. The molecule has 4 aromatic rings. The van der Waals surface area contributed by atoms with E-state index in [1.807, 2.05) is 44.2 Å². The summed E-state index contributed by atoms with van der Waals surface area (Å²) in [5.41, 5.74) is 2.78. The smallest absolute Gasteiger partial charge is 0.264 e. The van der Waals surface area contributed by atoms with E-state index in [2.05, 4.69) is 10.6 Å². The van der Waals surface area contributed by atoms with Crippen LogP contribution >= 0.6 is 0 Å². The van der Waals surface area contributed by atoms with Crippen molar-refractivity contribution in [1.82, 2.24) is 5.32 Å². The van der Waals surface area contributed by atoms with Crippen molar-refractivity contribution in [3.05, 3.63) is 126 Å². The van der Waals surface area contributed by atoms with E-state index < -0.39 is 22.5 Å². The number of carbonyl (C=O) groups is 2. The molecule has 4 rings (SSSR count). The molecule has 0 radical (unpaired) electrons. The van der Waals surface area contributed by atoms with E-state index in [0.717, 1.165) is 15.4 Å². The molecule has 1 atom stereocenters. The minimum atomic E-state index is -4.04. The third kappa shape index (κ3) is 6.27. The maximum atomic E-state index is 13.5. The number of nitrogens with zero attached hydrogens (tertiary/aromatic N) is 1. The topological polar surface area (TPSA) is 95.6 Å². The number of benzene rings is 4. The summed E-state index contributed by atoms with van der Waals surface area (Å²) in [4.78, 5) is 26.4. The van der Waals surface area contributed by atoms with E-state index in [9.17, 15) is 18.0 Å². The first kappa shape index (κ1) is 26.6. The van der Waals surface area contributed by atoms with Crippen LogP contribution in [0.25, 0.3) is 0 Å². The van der Waals surface area contributed by atoms with Crippen LogP contribution in [0, 0.1) is 6.92 Å². The molecule has 8 heteroatoms. The van der Waals surface area contributed by atoms with Crippen molar-refractivity contribution in [2.24, 2.45) is 0 Å². The lowest BCUT2D eigenvalue weighted by Crippen LogP contribution is -2.38. The maximum absolute atomic E-state index is 13.5. The van der Waals surface area contributed by atoms with Crippen LogP contribution in [0.1, 0.15) is 34.5 Å². The third-order valence-corrected chi connectivity index (χ3v) is 7.82. The van der Waals surface area contributed by atoms with Crippen LogP contribution in [0.3, 0.4) is 0 Å². The number of hydrogen-bond donors (Lipinski definition) is 2. The third-order valence-electron chi connectivity index (χ3n) is 6.03. The van der Waals surface area contributed by atoms with E-state index in [4.69, 9.17) is 0 Å². The van der Waals surface area contributed by atoms with E-state index in [1.54, 1.807) is 66.7 Å². The maximum Gasteiger partial charge on any atom is 0.264 e. The Bertz CT molecular complexity index is 1510. The van der Waals surface area contributed by atoms with Gasteiger partial charge in [-0.3, -0.25) is 13.9 Å². The number of para-hydroxylation sites is 2. The molecule has 194 valence electrons. The van der Waals surface area contributed by atoms with E-state index in [0.29, 0.717) is 5.69 Å². The molecule has 7 nitrogen and oxygen atoms in total. The van der Waals surface area contributed by atoms with Gasteiger partial charge in [-0.15, -0.1) is 0 Å². The van der Waals surface area contributed by atoms with Gasteiger partial charge in [0.2, 0.25) is 5.91 Å². The van der Waals surface area contributed by atoms with Gasteiger partial charge in [0.15, 0.2) is 0 Å². The largest absolute Gasteiger partial charge is 0.345 e. The minimum Gasteiger partial charge on any atom is -0.345 e. The first-order valence-electron chi connectivity index (χ1n) is 12.1. The highest BCUT2D eigenvalue weighted by molar-refractivity contribution is 7.92. The lowest BCUT2D eigenvalue weighted by atomic mass is 10.1. The van der Waals surface area contributed by atoms with Crippen LogP contribution in [-0.2, 0) is 14.8 Å². The van der Waals surface area contributed by atoms with Crippen molar-refractivity contribution in [1.29, 1.82) is 0 Å². The lowest BCUT2D eigenvalue weighted by Gasteiger charge is -2.24. The summed E-state index contributed by atoms with van der Waals surface area (Å²) in [6.07, 6.45) is 0. The molecule has 38 heavy (non-hydrogen) atoms. The number of hydrogen-bond acceptors (Lipinski definition) is 4. The average Bonchev–Trinajstić information content (AvgIpc) is 2.93. The van der Waals surface area contributed by atoms with Gasteiger partial charge < -0.3 is 10.6 Å². The van der Waals surface area contributed by atoms with Gasteiger partial charge in [0.05, 0.1) is 27.9 Å². The van der Waals surface area contributed by atoms with Crippen molar-refractivity contribution in [3.8, 4) is 0 Å². The number of amides is 2. The first-order valence-corrected chi connectivity index (χ1v) is 13.6. The second-order valence-electron chi connectivity index (χ2n) is 8.86. The van der Waals surface area contributed by atoms with Crippen LogP contribution in [-0.4, -0.2) is 26.8 Å². The normalized spacial score (nSPS) is 11.8. The second kappa shape index (κ2) is 11.7. The van der Waals surface area contributed by atoms with Gasteiger partial charge in [0.1, 0.15) is 6.54 Å². The van der Waals surface area contributed by atoms with Crippen LogP contribution < -0.4 is 14.9 Å². The van der Waals surface area contributed by atoms with Gasteiger partial charge in [-0.1, -0.05) is 78.4 Å². The Hall–Kier alpha value is -4.43.